The van der Waals surface area contributed by atoms with Gasteiger partial charge in [-0.1, -0.05) is 19.1 Å². The molecule has 0 amide bonds. The highest BCUT2D eigenvalue weighted by Crippen LogP contribution is 2.15. The van der Waals surface area contributed by atoms with Gasteiger partial charge in [0.05, 0.1) is 5.92 Å². The van der Waals surface area contributed by atoms with Gasteiger partial charge >= 0.3 is 5.97 Å². The minimum atomic E-state index is -0.802. The van der Waals surface area contributed by atoms with E-state index in [4.69, 9.17) is 5.11 Å². The highest BCUT2D eigenvalue weighted by Gasteiger charge is 2.21. The van der Waals surface area contributed by atoms with Crippen LogP contribution in [0, 0.1) is 11.8 Å². The van der Waals surface area contributed by atoms with E-state index < -0.39 is 11.9 Å². The maximum Gasteiger partial charge on any atom is 0.306 e. The molecule has 1 unspecified atom stereocenters. The second kappa shape index (κ2) is 4.69. The average Bonchev–Trinajstić information content (AvgIpc) is 2.54. The third-order valence-electron chi connectivity index (χ3n) is 1.92. The zero-order chi connectivity index (χ0) is 10.6. The Morgan fingerprint density at radius 1 is 1.57 bits per heavy atom. The molecule has 1 rings (SSSR count). The van der Waals surface area contributed by atoms with Crippen LogP contribution in [0.2, 0.25) is 0 Å². The van der Waals surface area contributed by atoms with E-state index in [-0.39, 0.29) is 0 Å². The minimum Gasteiger partial charge on any atom is -0.481 e. The Bertz CT molecular complexity index is 284. The summed E-state index contributed by atoms with van der Waals surface area (Å²) in [4.78, 5) is 10.9. The zero-order valence-electron chi connectivity index (χ0n) is 8.27. The SMILES string of the molecule is CC(C)CC(Cc1nn[nH]n1)C(=O)O. The van der Waals surface area contributed by atoms with Crippen LogP contribution in [0.4, 0.5) is 0 Å². The van der Waals surface area contributed by atoms with Crippen LogP contribution in [0.15, 0.2) is 0 Å². The summed E-state index contributed by atoms with van der Waals surface area (Å²) < 4.78 is 0. The topological polar surface area (TPSA) is 91.8 Å². The Labute approximate surface area is 81.7 Å². The molecule has 0 aliphatic rings. The third kappa shape index (κ3) is 3.12. The number of tetrazole rings is 1. The van der Waals surface area contributed by atoms with Crippen LogP contribution in [0.5, 0.6) is 0 Å². The van der Waals surface area contributed by atoms with Gasteiger partial charge in [-0.15, -0.1) is 10.2 Å². The minimum absolute atomic E-state index is 0.337. The first-order chi connectivity index (χ1) is 6.59. The number of nitrogens with zero attached hydrogens (tertiary/aromatic N) is 3. The first-order valence-corrected chi connectivity index (χ1v) is 4.54. The summed E-state index contributed by atoms with van der Waals surface area (Å²) in [5.41, 5.74) is 0. The molecule has 14 heavy (non-hydrogen) atoms. The fourth-order valence-electron chi connectivity index (χ4n) is 1.33. The van der Waals surface area contributed by atoms with Gasteiger partial charge in [-0.05, 0) is 12.3 Å². The van der Waals surface area contributed by atoms with Gasteiger partial charge in [0.1, 0.15) is 0 Å². The van der Waals surface area contributed by atoms with Crippen LogP contribution >= 0.6 is 0 Å². The number of H-pyrrole nitrogens is 1. The quantitative estimate of drug-likeness (QED) is 0.718. The normalized spacial score (nSPS) is 13.1. The molecule has 0 spiro atoms. The third-order valence-corrected chi connectivity index (χ3v) is 1.92. The lowest BCUT2D eigenvalue weighted by Crippen LogP contribution is -2.19. The average molecular weight is 198 g/mol. The predicted octanol–water partition coefficient (Wildman–Crippen LogP) is 0.489. The Morgan fingerprint density at radius 2 is 2.29 bits per heavy atom. The second-order valence-electron chi connectivity index (χ2n) is 3.70. The number of aromatic amines is 1. The monoisotopic (exact) mass is 198 g/mol. The molecule has 1 atom stereocenters. The number of hydrogen-bond acceptors (Lipinski definition) is 4. The van der Waals surface area contributed by atoms with Crippen molar-refractivity contribution in [1.29, 1.82) is 0 Å². The van der Waals surface area contributed by atoms with Gasteiger partial charge in [-0.25, -0.2) is 0 Å². The summed E-state index contributed by atoms with van der Waals surface area (Å²) in [6, 6.07) is 0. The molecule has 0 bridgehead atoms. The molecule has 1 aromatic rings. The number of carboxylic acids is 1. The van der Waals surface area contributed by atoms with E-state index in [1.54, 1.807) is 0 Å². The molecule has 1 heterocycles. The molecule has 0 fully saturated rings. The summed E-state index contributed by atoms with van der Waals surface area (Å²) in [6.45, 7) is 3.98. The van der Waals surface area contributed by atoms with Crippen LogP contribution in [0.1, 0.15) is 26.1 Å². The summed E-state index contributed by atoms with van der Waals surface area (Å²) in [6.07, 6.45) is 0.966. The van der Waals surface area contributed by atoms with Crippen molar-refractivity contribution < 1.29 is 9.90 Å². The number of carboxylic acid groups (broad SMARTS) is 1. The van der Waals surface area contributed by atoms with Gasteiger partial charge < -0.3 is 5.11 Å². The van der Waals surface area contributed by atoms with Gasteiger partial charge in [0, 0.05) is 6.42 Å². The molecule has 78 valence electrons. The van der Waals surface area contributed by atoms with Crippen molar-refractivity contribution in [3.8, 4) is 0 Å². The summed E-state index contributed by atoms with van der Waals surface area (Å²) in [7, 11) is 0. The van der Waals surface area contributed by atoms with Gasteiger partial charge in [-0.2, -0.15) is 5.21 Å². The number of aromatic nitrogens is 4. The molecule has 0 aliphatic carbocycles. The van der Waals surface area contributed by atoms with Crippen LogP contribution in [-0.4, -0.2) is 31.7 Å². The van der Waals surface area contributed by atoms with Crippen LogP contribution in [0.3, 0.4) is 0 Å². The van der Waals surface area contributed by atoms with Crippen molar-refractivity contribution in [3.05, 3.63) is 5.82 Å². The number of nitrogens with one attached hydrogen (secondary N) is 1. The lowest BCUT2D eigenvalue weighted by atomic mass is 9.94. The molecule has 0 radical (unpaired) electrons. The fraction of sp³-hybridized carbons (Fsp3) is 0.750. The smallest absolute Gasteiger partial charge is 0.306 e. The fourth-order valence-corrected chi connectivity index (χ4v) is 1.33. The van der Waals surface area contributed by atoms with Crippen molar-refractivity contribution in [2.45, 2.75) is 26.7 Å². The Hall–Kier alpha value is -1.46. The lowest BCUT2D eigenvalue weighted by molar-refractivity contribution is -0.142. The van der Waals surface area contributed by atoms with Gasteiger partial charge in [-0.3, -0.25) is 4.79 Å². The van der Waals surface area contributed by atoms with Crippen LogP contribution in [-0.2, 0) is 11.2 Å². The van der Waals surface area contributed by atoms with Crippen molar-refractivity contribution in [3.63, 3.8) is 0 Å². The van der Waals surface area contributed by atoms with E-state index in [9.17, 15) is 4.79 Å². The number of hydrogen-bond donors (Lipinski definition) is 2. The van der Waals surface area contributed by atoms with Gasteiger partial charge in [0.2, 0.25) is 0 Å². The Balaban J connectivity index is 2.56. The number of rotatable bonds is 5. The van der Waals surface area contributed by atoms with E-state index in [0.717, 1.165) is 0 Å². The highest BCUT2D eigenvalue weighted by atomic mass is 16.4. The molecule has 1 aromatic heterocycles. The lowest BCUT2D eigenvalue weighted by Gasteiger charge is -2.11. The molecule has 6 nitrogen and oxygen atoms in total. The van der Waals surface area contributed by atoms with Crippen molar-refractivity contribution in [1.82, 2.24) is 20.6 Å². The van der Waals surface area contributed by atoms with Crippen molar-refractivity contribution >= 4 is 5.97 Å². The summed E-state index contributed by atoms with van der Waals surface area (Å²) >= 11 is 0. The van der Waals surface area contributed by atoms with Gasteiger partial charge in [0.25, 0.3) is 0 Å². The van der Waals surface area contributed by atoms with Crippen molar-refractivity contribution in [2.24, 2.45) is 11.8 Å². The largest absolute Gasteiger partial charge is 0.481 e. The predicted molar refractivity (Wildman–Crippen MR) is 48.5 cm³/mol. The number of carbonyl (C=O) groups is 1. The van der Waals surface area contributed by atoms with E-state index >= 15 is 0 Å². The Kier molecular flexibility index (Phi) is 3.55. The molecule has 0 saturated heterocycles. The second-order valence-corrected chi connectivity index (χ2v) is 3.70. The molecule has 0 saturated carbocycles. The van der Waals surface area contributed by atoms with E-state index in [0.29, 0.717) is 24.6 Å². The molecular weight excluding hydrogens is 184 g/mol. The maximum atomic E-state index is 10.9. The van der Waals surface area contributed by atoms with E-state index in [2.05, 4.69) is 20.6 Å². The van der Waals surface area contributed by atoms with Crippen LogP contribution < -0.4 is 0 Å². The van der Waals surface area contributed by atoms with Crippen molar-refractivity contribution in [2.75, 3.05) is 0 Å². The molecular formula is C8H14N4O2. The first-order valence-electron chi connectivity index (χ1n) is 4.54. The Morgan fingerprint density at radius 3 is 2.71 bits per heavy atom. The maximum absolute atomic E-state index is 10.9. The summed E-state index contributed by atoms with van der Waals surface area (Å²) in [5.74, 6) is -0.419. The zero-order valence-corrected chi connectivity index (χ0v) is 8.27. The standard InChI is InChI=1S/C8H14N4O2/c1-5(2)3-6(8(13)14)4-7-9-11-12-10-7/h5-6H,3-4H2,1-2H3,(H,13,14)(H,9,10,11,12). The van der Waals surface area contributed by atoms with Crippen LogP contribution in [0.25, 0.3) is 0 Å². The first kappa shape index (κ1) is 10.6. The molecule has 6 heteroatoms. The van der Waals surface area contributed by atoms with E-state index in [1.807, 2.05) is 13.8 Å². The van der Waals surface area contributed by atoms with Gasteiger partial charge in [0.15, 0.2) is 5.82 Å². The molecule has 2 N–H and O–H groups in total. The van der Waals surface area contributed by atoms with E-state index in [1.165, 1.54) is 0 Å². The molecule has 0 aromatic carbocycles. The molecule has 0 aliphatic heterocycles. The summed E-state index contributed by atoms with van der Waals surface area (Å²) in [5, 5.41) is 22.1. The highest BCUT2D eigenvalue weighted by molar-refractivity contribution is 5.70. The number of aliphatic carboxylic acids is 1.